The Kier molecular flexibility index (Phi) is 7.94. The number of unbranched alkanes of at least 4 members (excludes halogenated alkanes) is 2. The predicted molar refractivity (Wildman–Crippen MR) is 120 cm³/mol. The van der Waals surface area contributed by atoms with Gasteiger partial charge in [-0.15, -0.1) is 0 Å². The monoisotopic (exact) mass is 489 g/mol. The van der Waals surface area contributed by atoms with E-state index in [1.807, 2.05) is 6.07 Å². The Morgan fingerprint density at radius 1 is 1.11 bits per heavy atom. The number of alkyl halides is 2. The summed E-state index contributed by atoms with van der Waals surface area (Å²) in [5, 5.41) is 7.59. The summed E-state index contributed by atoms with van der Waals surface area (Å²) < 4.78 is 48.2. The zero-order valence-electron chi connectivity index (χ0n) is 19.1. The number of aromatic nitrogens is 4. The van der Waals surface area contributed by atoms with E-state index in [4.69, 9.17) is 4.52 Å². The van der Waals surface area contributed by atoms with E-state index in [9.17, 15) is 18.0 Å². The summed E-state index contributed by atoms with van der Waals surface area (Å²) >= 11 is 0. The third kappa shape index (κ3) is 6.77. The van der Waals surface area contributed by atoms with Crippen LogP contribution in [0.1, 0.15) is 74.8 Å². The molecule has 1 amide bonds. The van der Waals surface area contributed by atoms with E-state index >= 15 is 0 Å². The number of nitrogens with zero attached hydrogens (tertiary/aromatic N) is 5. The van der Waals surface area contributed by atoms with Gasteiger partial charge >= 0.3 is 6.43 Å². The Labute approximate surface area is 200 Å². The van der Waals surface area contributed by atoms with E-state index in [1.165, 1.54) is 0 Å². The second-order valence-corrected chi connectivity index (χ2v) is 8.51. The fraction of sp³-hybridized carbons (Fsp3) is 0.458. The van der Waals surface area contributed by atoms with Crippen LogP contribution in [-0.2, 0) is 11.2 Å². The number of rotatable bonds is 13. The zero-order chi connectivity index (χ0) is 24.8. The van der Waals surface area contributed by atoms with Crippen LogP contribution in [0.5, 0.6) is 0 Å². The molecule has 0 N–H and O–H groups in total. The molecular weight excluding hydrogens is 463 g/mol. The van der Waals surface area contributed by atoms with Gasteiger partial charge in [-0.25, -0.2) is 4.39 Å². The van der Waals surface area contributed by atoms with Gasteiger partial charge in [0.2, 0.25) is 5.91 Å². The Morgan fingerprint density at radius 2 is 1.94 bits per heavy atom. The van der Waals surface area contributed by atoms with Crippen molar-refractivity contribution in [2.45, 2.75) is 63.7 Å². The summed E-state index contributed by atoms with van der Waals surface area (Å²) in [4.78, 5) is 22.6. The first-order valence-electron chi connectivity index (χ1n) is 11.6. The van der Waals surface area contributed by atoms with Crippen molar-refractivity contribution >= 4 is 11.6 Å². The van der Waals surface area contributed by atoms with Crippen LogP contribution in [0.3, 0.4) is 0 Å². The summed E-state index contributed by atoms with van der Waals surface area (Å²) in [6, 6.07) is 7.24. The highest BCUT2D eigenvalue weighted by Crippen LogP contribution is 2.39. The fourth-order valence-corrected chi connectivity index (χ4v) is 3.63. The van der Waals surface area contributed by atoms with E-state index in [0.29, 0.717) is 61.1 Å². The highest BCUT2D eigenvalue weighted by atomic mass is 19.3. The van der Waals surface area contributed by atoms with Crippen LogP contribution in [0.2, 0.25) is 0 Å². The second kappa shape index (κ2) is 11.3. The Morgan fingerprint density at radius 3 is 2.66 bits per heavy atom. The Balaban J connectivity index is 1.39. The number of benzene rings is 1. The summed E-state index contributed by atoms with van der Waals surface area (Å²) in [5.74, 6) is 0.211. The van der Waals surface area contributed by atoms with Crippen LogP contribution in [0.4, 0.5) is 18.9 Å². The Hall–Kier alpha value is -3.50. The number of aryl methyl sites for hydroxylation is 1. The quantitative estimate of drug-likeness (QED) is 0.274. The van der Waals surface area contributed by atoms with Crippen molar-refractivity contribution in [3.8, 4) is 11.5 Å². The lowest BCUT2D eigenvalue weighted by Gasteiger charge is -2.23. The fourth-order valence-electron chi connectivity index (χ4n) is 3.63. The molecule has 2 aromatic heterocycles. The topological polar surface area (TPSA) is 98.2 Å². The van der Waals surface area contributed by atoms with Crippen molar-refractivity contribution in [1.82, 2.24) is 20.3 Å². The number of amides is 1. The molecule has 11 heteroatoms. The molecule has 35 heavy (non-hydrogen) atoms. The minimum absolute atomic E-state index is 0.00872. The Bertz CT molecular complexity index is 1160. The molecule has 4 rings (SSSR count). The molecule has 0 saturated heterocycles. The average Bonchev–Trinajstić information content (AvgIpc) is 3.37. The van der Waals surface area contributed by atoms with Crippen molar-refractivity contribution in [1.29, 1.82) is 0 Å². The van der Waals surface area contributed by atoms with Gasteiger partial charge in [-0.05, 0) is 43.9 Å². The molecule has 186 valence electrons. The number of carbonyl (C=O) groups excluding carboxylic acids is 1. The molecule has 0 spiro atoms. The normalized spacial score (nSPS) is 13.4. The number of halogens is 3. The van der Waals surface area contributed by atoms with Crippen LogP contribution in [0, 0.1) is 0 Å². The summed E-state index contributed by atoms with van der Waals surface area (Å²) in [5.41, 5.74) is 1.34. The first-order valence-corrected chi connectivity index (χ1v) is 11.6. The molecule has 1 saturated carbocycles. The third-order valence-electron chi connectivity index (χ3n) is 5.65. The van der Waals surface area contributed by atoms with Gasteiger partial charge in [0.1, 0.15) is 0 Å². The highest BCUT2D eigenvalue weighted by molar-refractivity contribution is 5.94. The smallest absolute Gasteiger partial charge is 0.315 e. The van der Waals surface area contributed by atoms with E-state index in [1.54, 1.807) is 23.1 Å². The maximum atomic E-state index is 13.2. The second-order valence-electron chi connectivity index (χ2n) is 8.51. The van der Waals surface area contributed by atoms with Crippen LogP contribution >= 0.6 is 0 Å². The molecule has 1 fully saturated rings. The minimum Gasteiger partial charge on any atom is -0.334 e. The van der Waals surface area contributed by atoms with E-state index in [0.717, 1.165) is 12.8 Å². The van der Waals surface area contributed by atoms with Crippen LogP contribution in [-0.4, -0.2) is 32.7 Å². The minimum atomic E-state index is -2.79. The summed E-state index contributed by atoms with van der Waals surface area (Å²) in [6.45, 7) is 3.63. The van der Waals surface area contributed by atoms with Gasteiger partial charge in [0.15, 0.2) is 11.6 Å². The van der Waals surface area contributed by atoms with Gasteiger partial charge in [-0.3, -0.25) is 4.79 Å². The average molecular weight is 489 g/mol. The number of allylic oxidation sites excluding steroid dienone is 1. The molecule has 0 bridgehead atoms. The van der Waals surface area contributed by atoms with Gasteiger partial charge in [-0.2, -0.15) is 18.7 Å². The molecular formula is C24H26F3N5O3. The maximum absolute atomic E-state index is 13.2. The number of anilines is 1. The van der Waals surface area contributed by atoms with Crippen LogP contribution in [0.15, 0.2) is 45.7 Å². The number of hydrogen-bond donors (Lipinski definition) is 0. The number of carbonyl (C=O) groups is 1. The molecule has 0 aliphatic heterocycles. The lowest BCUT2D eigenvalue weighted by Crippen LogP contribution is -2.31. The standard InChI is InChI=1S/C24H26F3N5O3/c1-15(25)9-12-20(33)32(13-4-2-3-8-19-28-24(21(26)27)35-30-19)18-7-5-6-17(14-18)23-29-22(31-34-23)16-10-11-16/h5-7,14,16,21H,1-4,8-13H2. The van der Waals surface area contributed by atoms with E-state index in [2.05, 4.69) is 31.4 Å². The molecule has 1 aliphatic carbocycles. The lowest BCUT2D eigenvalue weighted by atomic mass is 10.1. The largest absolute Gasteiger partial charge is 0.334 e. The van der Waals surface area contributed by atoms with Gasteiger partial charge in [0, 0.05) is 43.0 Å². The summed E-state index contributed by atoms with van der Waals surface area (Å²) in [7, 11) is 0. The number of hydrogen-bond acceptors (Lipinski definition) is 7. The third-order valence-corrected chi connectivity index (χ3v) is 5.65. The molecule has 3 aromatic rings. The molecule has 1 aromatic carbocycles. The first-order chi connectivity index (χ1) is 16.9. The van der Waals surface area contributed by atoms with Gasteiger partial charge in [-0.1, -0.05) is 29.4 Å². The molecule has 2 heterocycles. The van der Waals surface area contributed by atoms with Gasteiger partial charge in [0.25, 0.3) is 11.8 Å². The SMILES string of the molecule is C=C(F)CCC(=O)N(CCCCCc1noc(C(F)F)n1)c1cccc(-c2nc(C3CC3)no2)c1. The van der Waals surface area contributed by atoms with Crippen LogP contribution < -0.4 is 4.90 Å². The van der Waals surface area contributed by atoms with E-state index < -0.39 is 18.1 Å². The first kappa shape index (κ1) is 24.6. The lowest BCUT2D eigenvalue weighted by molar-refractivity contribution is -0.118. The van der Waals surface area contributed by atoms with Gasteiger partial charge in [0.05, 0.1) is 5.83 Å². The molecule has 1 aliphatic rings. The van der Waals surface area contributed by atoms with Crippen molar-refractivity contribution < 1.29 is 27.0 Å². The van der Waals surface area contributed by atoms with Crippen LogP contribution in [0.25, 0.3) is 11.5 Å². The molecule has 0 radical (unpaired) electrons. The predicted octanol–water partition coefficient (Wildman–Crippen LogP) is 5.94. The summed E-state index contributed by atoms with van der Waals surface area (Å²) in [6.07, 6.45) is 1.63. The maximum Gasteiger partial charge on any atom is 0.315 e. The van der Waals surface area contributed by atoms with E-state index in [-0.39, 0.29) is 24.6 Å². The molecule has 0 atom stereocenters. The molecule has 0 unspecified atom stereocenters. The van der Waals surface area contributed by atoms with Crippen molar-refractivity contribution in [2.75, 3.05) is 11.4 Å². The zero-order valence-corrected chi connectivity index (χ0v) is 19.1. The van der Waals surface area contributed by atoms with Crippen molar-refractivity contribution in [3.05, 3.63) is 54.2 Å². The van der Waals surface area contributed by atoms with Crippen molar-refractivity contribution in [3.63, 3.8) is 0 Å². The van der Waals surface area contributed by atoms with Gasteiger partial charge < -0.3 is 13.9 Å². The highest BCUT2D eigenvalue weighted by Gasteiger charge is 2.29. The van der Waals surface area contributed by atoms with Crippen molar-refractivity contribution in [2.24, 2.45) is 0 Å². The molecule has 8 nitrogen and oxygen atoms in total.